The molecule has 0 saturated heterocycles. The van der Waals surface area contributed by atoms with Crippen LogP contribution in [0.2, 0.25) is 0 Å². The second kappa shape index (κ2) is 7.76. The quantitative estimate of drug-likeness (QED) is 0.607. The summed E-state index contributed by atoms with van der Waals surface area (Å²) in [6.07, 6.45) is 0.0100. The molecule has 2 rings (SSSR count). The highest BCUT2D eigenvalue weighted by Crippen LogP contribution is 2.37. The summed E-state index contributed by atoms with van der Waals surface area (Å²) in [6.45, 7) is -0.00344. The van der Waals surface area contributed by atoms with E-state index in [0.29, 0.717) is 0 Å². The van der Waals surface area contributed by atoms with Crippen molar-refractivity contribution in [3.05, 3.63) is 46.0 Å². The Morgan fingerprint density at radius 2 is 1.92 bits per heavy atom. The lowest BCUT2D eigenvalue weighted by atomic mass is 9.72. The minimum Gasteiger partial charge on any atom is -0.481 e. The molecule has 0 radical (unpaired) electrons. The number of hydrogen-bond donors (Lipinski definition) is 2. The van der Waals surface area contributed by atoms with Crippen LogP contribution in [0.1, 0.15) is 31.2 Å². The zero-order valence-electron chi connectivity index (χ0n) is 13.1. The molecule has 130 valence electrons. The summed E-state index contributed by atoms with van der Waals surface area (Å²) in [4.78, 5) is 33.8. The maximum absolute atomic E-state index is 11.8. The number of carbonyl (C=O) groups is 2. The molecule has 1 aromatic rings. The summed E-state index contributed by atoms with van der Waals surface area (Å²) in [7, 11) is 0. The highest BCUT2D eigenvalue weighted by Gasteiger charge is 2.45. The standard InChI is InChI=1S/C16H20N2O6/c19-14(20)16(8-6-13(7-9-16)18(22)23)11-17-15(21)24-10-12-4-2-1-3-5-12/h1-5,13H,6-11H2,(H,17,21)(H,19,20). The van der Waals surface area contributed by atoms with Gasteiger partial charge in [0.15, 0.2) is 0 Å². The van der Waals surface area contributed by atoms with Crippen molar-refractivity contribution in [3.63, 3.8) is 0 Å². The van der Waals surface area contributed by atoms with Crippen LogP contribution >= 0.6 is 0 Å². The maximum Gasteiger partial charge on any atom is 0.407 e. The highest BCUT2D eigenvalue weighted by molar-refractivity contribution is 5.76. The van der Waals surface area contributed by atoms with Crippen molar-refractivity contribution in [1.29, 1.82) is 0 Å². The number of hydrogen-bond acceptors (Lipinski definition) is 5. The Balaban J connectivity index is 1.84. The summed E-state index contributed by atoms with van der Waals surface area (Å²) in [5.74, 6) is -1.05. The monoisotopic (exact) mass is 336 g/mol. The number of carboxylic acid groups (broad SMARTS) is 1. The van der Waals surface area contributed by atoms with Crippen LogP contribution in [0.4, 0.5) is 4.79 Å². The van der Waals surface area contributed by atoms with E-state index >= 15 is 0 Å². The van der Waals surface area contributed by atoms with E-state index in [9.17, 15) is 24.8 Å². The first-order chi connectivity index (χ1) is 11.4. The number of amides is 1. The van der Waals surface area contributed by atoms with Gasteiger partial charge in [-0.25, -0.2) is 4.79 Å². The second-order valence-electron chi connectivity index (χ2n) is 6.02. The molecule has 0 heterocycles. The average molecular weight is 336 g/mol. The smallest absolute Gasteiger partial charge is 0.407 e. The van der Waals surface area contributed by atoms with Gasteiger partial charge in [0, 0.05) is 24.3 Å². The van der Waals surface area contributed by atoms with E-state index in [1.165, 1.54) is 0 Å². The van der Waals surface area contributed by atoms with Gasteiger partial charge < -0.3 is 15.2 Å². The lowest BCUT2D eigenvalue weighted by Crippen LogP contribution is -2.47. The van der Waals surface area contributed by atoms with E-state index in [0.717, 1.165) is 5.56 Å². The number of rotatable bonds is 6. The highest BCUT2D eigenvalue weighted by atomic mass is 16.6. The largest absolute Gasteiger partial charge is 0.481 e. The van der Waals surface area contributed by atoms with E-state index in [4.69, 9.17) is 4.74 Å². The Hall–Kier alpha value is -2.64. The second-order valence-corrected chi connectivity index (χ2v) is 6.02. The van der Waals surface area contributed by atoms with Gasteiger partial charge >= 0.3 is 12.1 Å². The Labute approximate surface area is 139 Å². The minimum atomic E-state index is -1.17. The Morgan fingerprint density at radius 3 is 2.46 bits per heavy atom. The number of nitrogens with one attached hydrogen (secondary N) is 1. The molecule has 0 unspecified atom stereocenters. The third-order valence-corrected chi connectivity index (χ3v) is 4.45. The number of nitrogens with zero attached hydrogens (tertiary/aromatic N) is 1. The molecule has 1 aromatic carbocycles. The number of benzene rings is 1. The first-order valence-corrected chi connectivity index (χ1v) is 7.74. The average Bonchev–Trinajstić information content (AvgIpc) is 2.59. The third-order valence-electron chi connectivity index (χ3n) is 4.45. The molecule has 0 atom stereocenters. The number of alkyl carbamates (subject to hydrolysis) is 1. The van der Waals surface area contributed by atoms with E-state index in [1.807, 2.05) is 30.3 Å². The van der Waals surface area contributed by atoms with E-state index in [1.54, 1.807) is 0 Å². The van der Waals surface area contributed by atoms with Gasteiger partial charge in [0.05, 0.1) is 5.41 Å². The van der Waals surface area contributed by atoms with Gasteiger partial charge in [0.2, 0.25) is 6.04 Å². The molecule has 2 N–H and O–H groups in total. The molecule has 1 saturated carbocycles. The van der Waals surface area contributed by atoms with Crippen LogP contribution in [0.15, 0.2) is 30.3 Å². The number of ether oxygens (including phenoxy) is 1. The molecule has 0 bridgehead atoms. The predicted molar refractivity (Wildman–Crippen MR) is 83.9 cm³/mol. The molecule has 1 amide bonds. The third kappa shape index (κ3) is 4.43. The van der Waals surface area contributed by atoms with Crippen LogP contribution in [0.3, 0.4) is 0 Å². The van der Waals surface area contributed by atoms with Gasteiger partial charge in [-0.3, -0.25) is 14.9 Å². The fraction of sp³-hybridized carbons (Fsp3) is 0.500. The fourth-order valence-corrected chi connectivity index (χ4v) is 2.85. The van der Waals surface area contributed by atoms with Gasteiger partial charge in [0.25, 0.3) is 0 Å². The molecular weight excluding hydrogens is 316 g/mol. The fourth-order valence-electron chi connectivity index (χ4n) is 2.85. The molecule has 8 nitrogen and oxygen atoms in total. The van der Waals surface area contributed by atoms with Gasteiger partial charge in [-0.2, -0.15) is 0 Å². The summed E-state index contributed by atoms with van der Waals surface area (Å²) in [5.41, 5.74) is -0.342. The lowest BCUT2D eigenvalue weighted by molar-refractivity contribution is -0.527. The zero-order chi connectivity index (χ0) is 17.6. The minimum absolute atomic E-state index is 0.0934. The Morgan fingerprint density at radius 1 is 1.29 bits per heavy atom. The number of carbonyl (C=O) groups excluding carboxylic acids is 1. The van der Waals surface area contributed by atoms with Gasteiger partial charge in [0.1, 0.15) is 6.61 Å². The summed E-state index contributed by atoms with van der Waals surface area (Å²) >= 11 is 0. The van der Waals surface area contributed by atoms with Crippen molar-refractivity contribution in [1.82, 2.24) is 5.32 Å². The molecule has 0 spiro atoms. The van der Waals surface area contributed by atoms with Crippen LogP contribution in [0.25, 0.3) is 0 Å². The van der Waals surface area contributed by atoms with Crippen LogP contribution in [-0.4, -0.2) is 34.7 Å². The molecule has 1 aliphatic rings. The molecule has 1 fully saturated rings. The van der Waals surface area contributed by atoms with E-state index in [2.05, 4.69) is 5.32 Å². The van der Waals surface area contributed by atoms with E-state index < -0.39 is 23.5 Å². The Bertz CT molecular complexity index is 596. The van der Waals surface area contributed by atoms with Gasteiger partial charge in [-0.05, 0) is 18.4 Å². The van der Waals surface area contributed by atoms with E-state index in [-0.39, 0.29) is 43.8 Å². The van der Waals surface area contributed by atoms with Crippen LogP contribution in [-0.2, 0) is 16.1 Å². The molecule has 0 aliphatic heterocycles. The van der Waals surface area contributed by atoms with Crippen molar-refractivity contribution in [3.8, 4) is 0 Å². The van der Waals surface area contributed by atoms with Crippen molar-refractivity contribution >= 4 is 12.1 Å². The van der Waals surface area contributed by atoms with Crippen molar-refractivity contribution in [2.45, 2.75) is 38.3 Å². The summed E-state index contributed by atoms with van der Waals surface area (Å²) in [6, 6.07) is 8.41. The molecule has 24 heavy (non-hydrogen) atoms. The van der Waals surface area contributed by atoms with Gasteiger partial charge in [-0.15, -0.1) is 0 Å². The van der Waals surface area contributed by atoms with Crippen LogP contribution in [0, 0.1) is 15.5 Å². The zero-order valence-corrected chi connectivity index (χ0v) is 13.1. The van der Waals surface area contributed by atoms with Crippen molar-refractivity contribution < 1.29 is 24.4 Å². The molecular formula is C16H20N2O6. The number of carboxylic acids is 1. The summed E-state index contributed by atoms with van der Waals surface area (Å²) < 4.78 is 5.05. The maximum atomic E-state index is 11.8. The molecule has 8 heteroatoms. The first kappa shape index (κ1) is 17.7. The first-order valence-electron chi connectivity index (χ1n) is 7.74. The SMILES string of the molecule is O=C(NCC1(C(=O)O)CCC([N+](=O)[O-])CC1)OCc1ccccc1. The van der Waals surface area contributed by atoms with Crippen LogP contribution < -0.4 is 5.32 Å². The van der Waals surface area contributed by atoms with Crippen molar-refractivity contribution in [2.24, 2.45) is 5.41 Å². The molecule has 0 aromatic heterocycles. The molecule has 1 aliphatic carbocycles. The predicted octanol–water partition coefficient (Wildman–Crippen LogP) is 2.20. The number of nitro groups is 1. The van der Waals surface area contributed by atoms with Gasteiger partial charge in [-0.1, -0.05) is 30.3 Å². The number of aliphatic carboxylic acids is 1. The van der Waals surface area contributed by atoms with Crippen molar-refractivity contribution in [2.75, 3.05) is 6.54 Å². The Kier molecular flexibility index (Phi) is 5.73. The van der Waals surface area contributed by atoms with Crippen LogP contribution in [0.5, 0.6) is 0 Å². The topological polar surface area (TPSA) is 119 Å². The lowest BCUT2D eigenvalue weighted by Gasteiger charge is -2.33. The summed E-state index contributed by atoms with van der Waals surface area (Å²) in [5, 5.41) is 22.7. The normalized spacial score (nSPS) is 23.2.